The van der Waals surface area contributed by atoms with Crippen molar-refractivity contribution in [3.63, 3.8) is 0 Å². The number of para-hydroxylation sites is 8. The first-order chi connectivity index (χ1) is 32.3. The van der Waals surface area contributed by atoms with E-state index in [4.69, 9.17) is 6.58 Å². The lowest BCUT2D eigenvalue weighted by Crippen LogP contribution is -2.35. The van der Waals surface area contributed by atoms with Crippen molar-refractivity contribution in [3.8, 4) is 0 Å². The van der Waals surface area contributed by atoms with E-state index >= 15 is 0 Å². The lowest BCUT2D eigenvalue weighted by molar-refractivity contribution is 0.785. The monoisotopic (exact) mass is 852 g/mol. The predicted molar refractivity (Wildman–Crippen MR) is 284 cm³/mol. The van der Waals surface area contributed by atoms with Gasteiger partial charge in [0.2, 0.25) is 0 Å². The number of rotatable bonds is 9. The van der Waals surface area contributed by atoms with Crippen molar-refractivity contribution in [2.45, 2.75) is 12.5 Å². The van der Waals surface area contributed by atoms with Gasteiger partial charge in [0.15, 0.2) is 0 Å². The van der Waals surface area contributed by atoms with E-state index < -0.39 is 0 Å². The van der Waals surface area contributed by atoms with Crippen LogP contribution in [-0.4, -0.2) is 20.1 Å². The second-order valence-corrected chi connectivity index (χ2v) is 16.9. The Hall–Kier alpha value is -8.34. The van der Waals surface area contributed by atoms with Gasteiger partial charge < -0.3 is 19.6 Å². The van der Waals surface area contributed by atoms with Gasteiger partial charge in [0.1, 0.15) is 0 Å². The van der Waals surface area contributed by atoms with Crippen LogP contribution in [0.1, 0.15) is 12.0 Å². The molecule has 7 aromatic rings. The number of hydrogen-bond acceptors (Lipinski definition) is 4. The van der Waals surface area contributed by atoms with E-state index in [1.165, 1.54) is 22.1 Å². The van der Waals surface area contributed by atoms with Crippen LogP contribution in [0.3, 0.4) is 0 Å². The van der Waals surface area contributed by atoms with Crippen LogP contribution in [0.15, 0.2) is 255 Å². The molecule has 3 aliphatic rings. The first-order valence-corrected chi connectivity index (χ1v) is 22.5. The van der Waals surface area contributed by atoms with E-state index in [1.54, 1.807) is 6.08 Å². The largest absolute Gasteiger partial charge is 0.341 e. The molecule has 7 aromatic carbocycles. The Morgan fingerprint density at radius 1 is 0.545 bits per heavy atom. The molecule has 0 spiro atoms. The fourth-order valence-electron chi connectivity index (χ4n) is 9.71. The Morgan fingerprint density at radius 2 is 1.09 bits per heavy atom. The maximum atomic E-state index is 4.80. The molecule has 1 unspecified atom stereocenters. The van der Waals surface area contributed by atoms with Crippen molar-refractivity contribution in [3.05, 3.63) is 271 Å². The fraction of sp³-hybridized carbons (Fsp3) is 0.0645. The van der Waals surface area contributed by atoms with Gasteiger partial charge in [-0.25, -0.2) is 0 Å². The summed E-state index contributed by atoms with van der Waals surface area (Å²) >= 11 is 0. The minimum atomic E-state index is -0.0456. The molecule has 0 bridgehead atoms. The van der Waals surface area contributed by atoms with Gasteiger partial charge in [0.25, 0.3) is 0 Å². The SMILES string of the molecule is C=C/C=C\C(=C)C(=C)/C=C\C(=C)C1=c2ccc(N3c4ccccc4N(C)c4ccccc43)c/c2=C(c2cccc3ccccc23)/C=C/CC(N2c3ccccc3N(C)c3ccccc32)C=C1. The highest BCUT2D eigenvalue weighted by Gasteiger charge is 2.31. The Balaban J connectivity index is 1.26. The molecule has 320 valence electrons. The summed E-state index contributed by atoms with van der Waals surface area (Å²) < 4.78 is 0. The van der Waals surface area contributed by atoms with Gasteiger partial charge in [-0.05, 0) is 122 Å². The van der Waals surface area contributed by atoms with Crippen molar-refractivity contribution < 1.29 is 0 Å². The summed E-state index contributed by atoms with van der Waals surface area (Å²) in [5, 5.41) is 4.56. The lowest BCUT2D eigenvalue weighted by atomic mass is 9.91. The van der Waals surface area contributed by atoms with Gasteiger partial charge in [-0.15, -0.1) is 0 Å². The summed E-state index contributed by atoms with van der Waals surface area (Å²) in [6.07, 6.45) is 19.8. The molecule has 0 N–H and O–H groups in total. The van der Waals surface area contributed by atoms with Gasteiger partial charge >= 0.3 is 0 Å². The van der Waals surface area contributed by atoms with E-state index in [-0.39, 0.29) is 6.04 Å². The minimum Gasteiger partial charge on any atom is -0.341 e. The quantitative estimate of drug-likeness (QED) is 0.134. The van der Waals surface area contributed by atoms with Crippen LogP contribution >= 0.6 is 0 Å². The highest BCUT2D eigenvalue weighted by atomic mass is 15.3. The van der Waals surface area contributed by atoms with Crippen LogP contribution in [0.2, 0.25) is 0 Å². The number of fused-ring (bicyclic) bond motifs is 6. The third-order valence-electron chi connectivity index (χ3n) is 13.1. The molecule has 0 aromatic heterocycles. The number of nitrogens with zero attached hydrogens (tertiary/aromatic N) is 4. The maximum Gasteiger partial charge on any atom is 0.0699 e. The van der Waals surface area contributed by atoms with E-state index in [2.05, 4.69) is 242 Å². The number of anilines is 9. The lowest BCUT2D eigenvalue weighted by Gasteiger charge is -2.41. The molecule has 2 heterocycles. The Bertz CT molecular complexity index is 3280. The summed E-state index contributed by atoms with van der Waals surface area (Å²) in [6, 6.07) is 57.0. The standard InChI is InChI=1S/C62H52N4/c1-7-8-21-43(2)44(3)36-37-45(4)49-40-38-47(65-59-32-15-11-28-55(59)63(5)56-29-12-16-33-60(56)65)24-20-27-52(51-26-19-23-46-22-9-10-25-50(46)51)54-42-48(39-41-53(49)54)66-61-34-17-13-30-57(61)64(6)58-31-14-18-35-62(58)66/h7-23,25-42,47H,1-4,24H2,5-6H3/b21-8-,27-20+,37-36-,40-38?,53-49?,54-52+. The van der Waals surface area contributed by atoms with Crippen molar-refractivity contribution >= 4 is 73.1 Å². The zero-order valence-corrected chi connectivity index (χ0v) is 37.6. The van der Waals surface area contributed by atoms with Crippen LogP contribution < -0.4 is 30.0 Å². The molecule has 0 fully saturated rings. The molecule has 66 heavy (non-hydrogen) atoms. The molecule has 4 heteroatoms. The molecule has 0 saturated carbocycles. The zero-order chi connectivity index (χ0) is 45.3. The minimum absolute atomic E-state index is 0.0456. The number of hydrogen-bond donors (Lipinski definition) is 0. The van der Waals surface area contributed by atoms with Gasteiger partial charge in [-0.3, -0.25) is 0 Å². The molecule has 0 amide bonds. The highest BCUT2D eigenvalue weighted by Crippen LogP contribution is 2.51. The number of allylic oxidation sites excluding steroid dienone is 10. The van der Waals surface area contributed by atoms with Gasteiger partial charge in [-0.1, -0.05) is 178 Å². The zero-order valence-electron chi connectivity index (χ0n) is 37.6. The van der Waals surface area contributed by atoms with E-state index in [1.807, 2.05) is 18.2 Å². The Morgan fingerprint density at radius 3 is 1.73 bits per heavy atom. The molecular formula is C62H52N4. The topological polar surface area (TPSA) is 13.0 Å². The average Bonchev–Trinajstić information content (AvgIpc) is 3.36. The average molecular weight is 853 g/mol. The second kappa shape index (κ2) is 17.7. The second-order valence-electron chi connectivity index (χ2n) is 16.9. The molecule has 2 aliphatic heterocycles. The summed E-state index contributed by atoms with van der Waals surface area (Å²) in [5.74, 6) is 0. The van der Waals surface area contributed by atoms with Crippen LogP contribution in [0.5, 0.6) is 0 Å². The molecule has 0 radical (unpaired) electrons. The Kier molecular flexibility index (Phi) is 11.2. The predicted octanol–water partition coefficient (Wildman–Crippen LogP) is 14.5. The Labute approximate surface area is 389 Å². The molecule has 0 saturated heterocycles. The molecular weight excluding hydrogens is 801 g/mol. The first-order valence-electron chi connectivity index (χ1n) is 22.5. The van der Waals surface area contributed by atoms with Crippen molar-refractivity contribution in [1.82, 2.24) is 0 Å². The van der Waals surface area contributed by atoms with Gasteiger partial charge in [-0.2, -0.15) is 0 Å². The third-order valence-corrected chi connectivity index (χ3v) is 13.1. The van der Waals surface area contributed by atoms with Crippen molar-refractivity contribution in [2.75, 3.05) is 33.7 Å². The van der Waals surface area contributed by atoms with E-state index in [0.29, 0.717) is 0 Å². The fourth-order valence-corrected chi connectivity index (χ4v) is 9.71. The first kappa shape index (κ1) is 41.7. The summed E-state index contributed by atoms with van der Waals surface area (Å²) in [7, 11) is 4.31. The molecule has 10 rings (SSSR count). The summed E-state index contributed by atoms with van der Waals surface area (Å²) in [5.41, 5.74) is 16.0. The van der Waals surface area contributed by atoms with Crippen molar-refractivity contribution in [2.24, 2.45) is 0 Å². The van der Waals surface area contributed by atoms with Gasteiger partial charge in [0.05, 0.1) is 51.5 Å². The van der Waals surface area contributed by atoms with Crippen LogP contribution in [-0.2, 0) is 0 Å². The third kappa shape index (κ3) is 7.42. The highest BCUT2D eigenvalue weighted by molar-refractivity contribution is 6.00. The van der Waals surface area contributed by atoms with E-state index in [0.717, 1.165) is 90.1 Å². The van der Waals surface area contributed by atoms with Crippen LogP contribution in [0.25, 0.3) is 21.9 Å². The van der Waals surface area contributed by atoms with E-state index in [9.17, 15) is 0 Å². The number of benzene rings is 7. The molecule has 1 atom stereocenters. The maximum absolute atomic E-state index is 4.80. The van der Waals surface area contributed by atoms with Gasteiger partial charge in [0, 0.05) is 19.8 Å². The van der Waals surface area contributed by atoms with Crippen LogP contribution in [0.4, 0.5) is 51.2 Å². The summed E-state index contributed by atoms with van der Waals surface area (Å²) in [4.78, 5) is 9.50. The van der Waals surface area contributed by atoms with Crippen molar-refractivity contribution in [1.29, 1.82) is 0 Å². The smallest absolute Gasteiger partial charge is 0.0699 e. The van der Waals surface area contributed by atoms with Crippen LogP contribution in [0, 0.1) is 0 Å². The molecule has 1 aliphatic carbocycles. The summed E-state index contributed by atoms with van der Waals surface area (Å²) in [6.45, 7) is 17.3. The molecule has 4 nitrogen and oxygen atoms in total. The normalized spacial score (nSPS) is 16.6.